The second-order valence-electron chi connectivity index (χ2n) is 9.55. The molecule has 0 aromatic heterocycles. The van der Waals surface area contributed by atoms with Gasteiger partial charge < -0.3 is 15.9 Å². The predicted octanol–water partition coefficient (Wildman–Crippen LogP) is -0.540. The highest BCUT2D eigenvalue weighted by atomic mass is 16.3. The minimum atomic E-state index is -2.76. The highest BCUT2D eigenvalue weighted by molar-refractivity contribution is 6.32. The first-order valence-electron chi connectivity index (χ1n) is 11.1. The highest BCUT2D eigenvalue weighted by Gasteiger charge is 2.69. The average Bonchev–Trinajstić information content (AvgIpc) is 2.75. The van der Waals surface area contributed by atoms with Gasteiger partial charge in [-0.1, -0.05) is 6.92 Å². The number of benzene rings is 1. The van der Waals surface area contributed by atoms with Gasteiger partial charge in [-0.15, -0.1) is 0 Å². The Kier molecular flexibility index (Phi) is 5.57. The Morgan fingerprint density at radius 3 is 2.35 bits per heavy atom. The molecule has 1 aromatic rings. The summed E-state index contributed by atoms with van der Waals surface area (Å²) in [5, 5.41) is 21.9. The monoisotopic (exact) mass is 470 g/mol. The van der Waals surface area contributed by atoms with Crippen LogP contribution in [0, 0.1) is 23.7 Å². The molecule has 0 radical (unpaired) electrons. The molecule has 0 heterocycles. The third kappa shape index (κ3) is 3.01. The molecule has 10 heteroatoms. The summed E-state index contributed by atoms with van der Waals surface area (Å²) in [5.41, 5.74) is 2.94. The minimum absolute atomic E-state index is 0.0562. The molecule has 0 saturated heterocycles. The van der Waals surface area contributed by atoms with Crippen molar-refractivity contribution in [3.8, 4) is 5.75 Å². The van der Waals surface area contributed by atoms with Gasteiger partial charge in [0.25, 0.3) is 0 Å². The molecule has 6 atom stereocenters. The van der Waals surface area contributed by atoms with Gasteiger partial charge in [-0.25, -0.2) is 0 Å². The van der Waals surface area contributed by atoms with Gasteiger partial charge in [0, 0.05) is 17.9 Å². The molecule has 4 rings (SSSR count). The lowest BCUT2D eigenvalue weighted by Gasteiger charge is -2.52. The fourth-order valence-electron chi connectivity index (χ4n) is 6.06. The van der Waals surface area contributed by atoms with Gasteiger partial charge in [-0.2, -0.15) is 0 Å². The summed E-state index contributed by atoms with van der Waals surface area (Å²) < 4.78 is 0. The lowest BCUT2D eigenvalue weighted by atomic mass is 9.52. The molecular weight excluding hydrogens is 444 g/mol. The van der Waals surface area contributed by atoms with Crippen LogP contribution in [0.25, 0.3) is 0 Å². The van der Waals surface area contributed by atoms with E-state index >= 15 is 0 Å². The Hall–Kier alpha value is -3.24. The van der Waals surface area contributed by atoms with Gasteiger partial charge in [0.1, 0.15) is 5.75 Å². The molecule has 2 saturated carbocycles. The summed E-state index contributed by atoms with van der Waals surface area (Å²) in [6.45, 7) is 1.66. The largest absolute Gasteiger partial charge is 0.507 e. The van der Waals surface area contributed by atoms with E-state index in [9.17, 15) is 39.0 Å². The number of aromatic hydroxyl groups is 1. The van der Waals surface area contributed by atoms with Crippen molar-refractivity contribution >= 4 is 34.8 Å². The lowest BCUT2D eigenvalue weighted by Crippen LogP contribution is -2.74. The fourth-order valence-corrected chi connectivity index (χ4v) is 6.06. The quantitative estimate of drug-likeness (QED) is 0.386. The van der Waals surface area contributed by atoms with Crippen LogP contribution >= 0.6 is 0 Å². The standard InChI is InChI=1S/C24H26N2O8/c1-4-13(27)10-5-6-14(28)16-11(10)7-9-8-12-18(26(2)3)20(30)17(23(25)33)22(32)24(12,34)21(31)15(9)19(16)29/h5-6,9,12,15,17-18,28,34H,4,7-8H2,1-3H3,(H2,25,33)/t9-,12-,15?,17?,18-,24-/m0/s1. The number of ketones is 5. The van der Waals surface area contributed by atoms with Crippen LogP contribution < -0.4 is 5.73 Å². The van der Waals surface area contributed by atoms with E-state index in [1.807, 2.05) is 0 Å². The van der Waals surface area contributed by atoms with E-state index in [1.165, 1.54) is 31.1 Å². The Morgan fingerprint density at radius 1 is 1.15 bits per heavy atom. The first-order valence-corrected chi connectivity index (χ1v) is 11.1. The molecule has 4 N–H and O–H groups in total. The number of rotatable bonds is 4. The summed E-state index contributed by atoms with van der Waals surface area (Å²) in [5.74, 6) is -11.3. The zero-order valence-corrected chi connectivity index (χ0v) is 19.0. The Morgan fingerprint density at radius 2 is 1.79 bits per heavy atom. The maximum absolute atomic E-state index is 13.7. The Labute approximate surface area is 195 Å². The maximum Gasteiger partial charge on any atom is 0.235 e. The minimum Gasteiger partial charge on any atom is -0.507 e. The van der Waals surface area contributed by atoms with Crippen LogP contribution in [-0.4, -0.2) is 75.7 Å². The molecule has 2 fully saturated rings. The van der Waals surface area contributed by atoms with Crippen molar-refractivity contribution in [2.75, 3.05) is 14.1 Å². The van der Waals surface area contributed by atoms with E-state index < -0.39 is 70.1 Å². The summed E-state index contributed by atoms with van der Waals surface area (Å²) >= 11 is 0. The van der Waals surface area contributed by atoms with Crippen molar-refractivity contribution in [2.45, 2.75) is 37.8 Å². The van der Waals surface area contributed by atoms with Gasteiger partial charge in [0.05, 0.1) is 17.5 Å². The first kappa shape index (κ1) is 23.9. The number of hydrogen-bond acceptors (Lipinski definition) is 9. The predicted molar refractivity (Wildman–Crippen MR) is 116 cm³/mol. The smallest absolute Gasteiger partial charge is 0.235 e. The van der Waals surface area contributed by atoms with Crippen LogP contribution in [-0.2, 0) is 25.6 Å². The summed E-state index contributed by atoms with van der Waals surface area (Å²) in [7, 11) is 3.04. The zero-order valence-electron chi connectivity index (χ0n) is 19.0. The van der Waals surface area contributed by atoms with E-state index in [2.05, 4.69) is 0 Å². The van der Waals surface area contributed by atoms with Crippen LogP contribution in [0.5, 0.6) is 5.75 Å². The van der Waals surface area contributed by atoms with Gasteiger partial charge in [0.15, 0.2) is 40.4 Å². The highest BCUT2D eigenvalue weighted by Crippen LogP contribution is 2.51. The molecule has 0 bridgehead atoms. The molecule has 3 aliphatic carbocycles. The normalized spacial score (nSPS) is 32.8. The van der Waals surface area contributed by atoms with E-state index in [1.54, 1.807) is 6.92 Å². The molecule has 2 unspecified atom stereocenters. The molecule has 0 spiro atoms. The fraction of sp³-hybridized carbons (Fsp3) is 0.500. The van der Waals surface area contributed by atoms with Crippen LogP contribution in [0.4, 0.5) is 0 Å². The summed E-state index contributed by atoms with van der Waals surface area (Å²) in [6, 6.07) is 1.48. The van der Waals surface area contributed by atoms with Crippen LogP contribution in [0.2, 0.25) is 0 Å². The second kappa shape index (κ2) is 7.92. The van der Waals surface area contributed by atoms with Crippen molar-refractivity contribution in [3.05, 3.63) is 28.8 Å². The van der Waals surface area contributed by atoms with Gasteiger partial charge in [-0.05, 0) is 50.6 Å². The summed E-state index contributed by atoms with van der Waals surface area (Å²) in [4.78, 5) is 79.2. The number of nitrogens with two attached hydrogens (primary N) is 1. The number of Topliss-reactive ketones (excluding diaryl/α,β-unsaturated/α-hetero) is 5. The number of hydrogen-bond donors (Lipinski definition) is 3. The molecular formula is C24H26N2O8. The third-order valence-corrected chi connectivity index (χ3v) is 7.57. The maximum atomic E-state index is 13.7. The SMILES string of the molecule is CCC(=O)c1ccc(O)c2c1C[C@H]1C[C@H]3[C@H](N(C)C)C(=O)C(C(N)=O)C(=O)[C@@]3(O)C(=O)C1C2=O. The van der Waals surface area contributed by atoms with Crippen molar-refractivity contribution in [1.82, 2.24) is 4.90 Å². The van der Waals surface area contributed by atoms with E-state index in [0.717, 1.165) is 0 Å². The zero-order chi connectivity index (χ0) is 25.3. The lowest BCUT2D eigenvalue weighted by molar-refractivity contribution is -0.181. The molecule has 180 valence electrons. The van der Waals surface area contributed by atoms with E-state index in [4.69, 9.17) is 5.73 Å². The number of carbonyl (C=O) groups excluding carboxylic acids is 6. The number of nitrogens with zero attached hydrogens (tertiary/aromatic N) is 1. The molecule has 3 aliphatic rings. The van der Waals surface area contributed by atoms with Crippen molar-refractivity contribution in [2.24, 2.45) is 29.4 Å². The molecule has 10 nitrogen and oxygen atoms in total. The number of fused-ring (bicyclic) bond motifs is 3. The summed E-state index contributed by atoms with van der Waals surface area (Å²) in [6.07, 6.45) is 0.182. The van der Waals surface area contributed by atoms with Crippen molar-refractivity contribution < 1.29 is 39.0 Å². The Bertz CT molecular complexity index is 1170. The number of carbonyl (C=O) groups is 6. The number of phenols is 1. The van der Waals surface area contributed by atoms with Crippen LogP contribution in [0.3, 0.4) is 0 Å². The molecule has 1 amide bonds. The third-order valence-electron chi connectivity index (χ3n) is 7.57. The number of amides is 1. The number of phenolic OH excluding ortho intramolecular Hbond substituents is 1. The second-order valence-corrected chi connectivity index (χ2v) is 9.55. The van der Waals surface area contributed by atoms with Crippen molar-refractivity contribution in [1.29, 1.82) is 0 Å². The van der Waals surface area contributed by atoms with E-state index in [0.29, 0.717) is 5.56 Å². The van der Waals surface area contributed by atoms with Gasteiger partial charge in [-0.3, -0.25) is 33.7 Å². The molecule has 1 aromatic carbocycles. The van der Waals surface area contributed by atoms with Crippen LogP contribution in [0.15, 0.2) is 12.1 Å². The molecule has 0 aliphatic heterocycles. The number of primary amides is 1. The van der Waals surface area contributed by atoms with E-state index in [-0.39, 0.29) is 36.2 Å². The first-order chi connectivity index (χ1) is 15.9. The van der Waals surface area contributed by atoms with Gasteiger partial charge in [0.2, 0.25) is 5.91 Å². The average molecular weight is 470 g/mol. The van der Waals surface area contributed by atoms with Gasteiger partial charge >= 0.3 is 0 Å². The topological polar surface area (TPSA) is 172 Å². The number of likely N-dealkylation sites (N-methyl/N-ethyl adjacent to an activating group) is 1. The number of aliphatic hydroxyl groups is 1. The Balaban J connectivity index is 1.89. The van der Waals surface area contributed by atoms with Crippen LogP contribution in [0.1, 0.15) is 46.0 Å². The molecule has 34 heavy (non-hydrogen) atoms. The van der Waals surface area contributed by atoms with Crippen molar-refractivity contribution in [3.63, 3.8) is 0 Å².